The maximum absolute atomic E-state index is 11.9. The number of carbonyl (C=O) groups excluding carboxylic acids is 1. The third-order valence-electron chi connectivity index (χ3n) is 2.56. The van der Waals surface area contributed by atoms with Crippen LogP contribution >= 0.6 is 11.6 Å². The highest BCUT2D eigenvalue weighted by molar-refractivity contribution is 6.29. The Morgan fingerprint density at radius 2 is 2.21 bits per heavy atom. The second kappa shape index (κ2) is 7.81. The molecule has 0 heterocycles. The van der Waals surface area contributed by atoms with Crippen LogP contribution in [0.25, 0.3) is 0 Å². The topological polar surface area (TPSA) is 41.6 Å². The fourth-order valence-electron chi connectivity index (χ4n) is 1.63. The molecule has 0 saturated heterocycles. The minimum Gasteiger partial charge on any atom is -0.497 e. The molecule has 1 aromatic carbocycles. The van der Waals surface area contributed by atoms with Gasteiger partial charge in [0.2, 0.25) is 5.91 Å². The van der Waals surface area contributed by atoms with Crippen molar-refractivity contribution in [3.05, 3.63) is 35.9 Å². The van der Waals surface area contributed by atoms with Crippen molar-refractivity contribution in [2.75, 3.05) is 32.1 Å². The molecule has 104 valence electrons. The molecule has 1 amide bonds. The van der Waals surface area contributed by atoms with E-state index in [2.05, 4.69) is 11.9 Å². The number of likely N-dealkylation sites (N-methyl/N-ethyl adjacent to an activating group) is 1. The quantitative estimate of drug-likeness (QED) is 0.836. The van der Waals surface area contributed by atoms with Gasteiger partial charge >= 0.3 is 0 Å². The molecule has 4 nitrogen and oxygen atoms in total. The van der Waals surface area contributed by atoms with E-state index < -0.39 is 0 Å². The number of amides is 1. The van der Waals surface area contributed by atoms with E-state index in [9.17, 15) is 4.79 Å². The molecule has 0 aliphatic carbocycles. The first kappa shape index (κ1) is 15.5. The number of benzene rings is 1. The summed E-state index contributed by atoms with van der Waals surface area (Å²) in [6, 6.07) is 7.24. The largest absolute Gasteiger partial charge is 0.497 e. The number of carbonyl (C=O) groups is 1. The maximum atomic E-state index is 11.9. The van der Waals surface area contributed by atoms with Crippen molar-refractivity contribution in [3.8, 4) is 5.75 Å². The molecule has 19 heavy (non-hydrogen) atoms. The van der Waals surface area contributed by atoms with Crippen molar-refractivity contribution < 1.29 is 9.53 Å². The zero-order valence-electron chi connectivity index (χ0n) is 11.3. The molecule has 0 bridgehead atoms. The Labute approximate surface area is 119 Å². The summed E-state index contributed by atoms with van der Waals surface area (Å²) in [6.07, 6.45) is 0. The van der Waals surface area contributed by atoms with Crippen LogP contribution in [0.15, 0.2) is 35.9 Å². The number of ether oxygens (including phenoxy) is 1. The van der Waals surface area contributed by atoms with E-state index in [1.807, 2.05) is 30.0 Å². The Kier molecular flexibility index (Phi) is 6.39. The van der Waals surface area contributed by atoms with Gasteiger partial charge in [-0.25, -0.2) is 0 Å². The fourth-order valence-corrected chi connectivity index (χ4v) is 1.80. The summed E-state index contributed by atoms with van der Waals surface area (Å²) in [5.74, 6) is 0.618. The molecule has 0 atom stereocenters. The van der Waals surface area contributed by atoms with E-state index in [-0.39, 0.29) is 12.5 Å². The van der Waals surface area contributed by atoms with Gasteiger partial charge in [-0.15, -0.1) is 0 Å². The average molecular weight is 283 g/mol. The lowest BCUT2D eigenvalue weighted by Gasteiger charge is -2.19. The second-order valence-corrected chi connectivity index (χ2v) is 4.64. The Morgan fingerprint density at radius 1 is 1.47 bits per heavy atom. The monoisotopic (exact) mass is 282 g/mol. The number of rotatable bonds is 7. The normalized spacial score (nSPS) is 10.3. The van der Waals surface area contributed by atoms with E-state index in [1.165, 1.54) is 0 Å². The molecule has 0 aliphatic rings. The highest BCUT2D eigenvalue weighted by Gasteiger charge is 2.10. The van der Waals surface area contributed by atoms with Crippen LogP contribution in [0.3, 0.4) is 0 Å². The van der Waals surface area contributed by atoms with Crippen molar-refractivity contribution in [2.45, 2.75) is 6.92 Å². The smallest absolute Gasteiger partial charge is 0.238 e. The van der Waals surface area contributed by atoms with E-state index in [4.69, 9.17) is 16.3 Å². The van der Waals surface area contributed by atoms with Gasteiger partial charge in [0.05, 0.1) is 13.7 Å². The first-order valence-corrected chi connectivity index (χ1v) is 6.42. The standard InChI is InChI=1S/C14H19ClN2O2/c1-4-17(9-11(2)15)10-14(18)16-12-6-5-7-13(8-12)19-3/h5-8H,2,4,9-10H2,1,3H3,(H,16,18). The molecule has 0 spiro atoms. The molecule has 0 fully saturated rings. The van der Waals surface area contributed by atoms with Crippen molar-refractivity contribution in [1.82, 2.24) is 4.90 Å². The molecule has 5 heteroatoms. The highest BCUT2D eigenvalue weighted by Crippen LogP contribution is 2.16. The number of halogens is 1. The van der Waals surface area contributed by atoms with Gasteiger partial charge in [-0.1, -0.05) is 31.2 Å². The van der Waals surface area contributed by atoms with Crippen LogP contribution in [0.4, 0.5) is 5.69 Å². The van der Waals surface area contributed by atoms with Gasteiger partial charge < -0.3 is 10.1 Å². The lowest BCUT2D eigenvalue weighted by Crippen LogP contribution is -2.33. The Bertz CT molecular complexity index is 449. The van der Waals surface area contributed by atoms with Gasteiger partial charge in [-0.3, -0.25) is 9.69 Å². The van der Waals surface area contributed by atoms with Gasteiger partial charge in [0, 0.05) is 23.3 Å². The number of nitrogens with one attached hydrogen (secondary N) is 1. The molecule has 0 saturated carbocycles. The minimum atomic E-state index is -0.0898. The van der Waals surface area contributed by atoms with Crippen molar-refractivity contribution in [2.24, 2.45) is 0 Å². The summed E-state index contributed by atoms with van der Waals surface area (Å²) in [7, 11) is 1.59. The zero-order chi connectivity index (χ0) is 14.3. The van der Waals surface area contributed by atoms with Crippen LogP contribution in [-0.4, -0.2) is 37.6 Å². The summed E-state index contributed by atoms with van der Waals surface area (Å²) in [4.78, 5) is 13.8. The zero-order valence-corrected chi connectivity index (χ0v) is 12.0. The van der Waals surface area contributed by atoms with E-state index in [0.29, 0.717) is 23.0 Å². The molecule has 0 aliphatic heterocycles. The molecule has 0 aromatic heterocycles. The summed E-state index contributed by atoms with van der Waals surface area (Å²) < 4.78 is 5.10. The van der Waals surface area contributed by atoms with Crippen molar-refractivity contribution >= 4 is 23.2 Å². The number of hydrogen-bond donors (Lipinski definition) is 1. The predicted octanol–water partition coefficient (Wildman–Crippen LogP) is 2.71. The lowest BCUT2D eigenvalue weighted by atomic mass is 10.3. The van der Waals surface area contributed by atoms with E-state index >= 15 is 0 Å². The minimum absolute atomic E-state index is 0.0898. The SMILES string of the molecule is C=C(Cl)CN(CC)CC(=O)Nc1cccc(OC)c1. The van der Waals surface area contributed by atoms with E-state index in [1.54, 1.807) is 13.2 Å². The fraction of sp³-hybridized carbons (Fsp3) is 0.357. The van der Waals surface area contributed by atoms with Crippen molar-refractivity contribution in [1.29, 1.82) is 0 Å². The number of methoxy groups -OCH3 is 1. The summed E-state index contributed by atoms with van der Waals surface area (Å²) in [5, 5.41) is 3.35. The van der Waals surface area contributed by atoms with Crippen molar-refractivity contribution in [3.63, 3.8) is 0 Å². The third-order valence-corrected chi connectivity index (χ3v) is 2.68. The van der Waals surface area contributed by atoms with Crippen LogP contribution < -0.4 is 10.1 Å². The van der Waals surface area contributed by atoms with Gasteiger partial charge in [0.1, 0.15) is 5.75 Å². The first-order chi connectivity index (χ1) is 9.05. The van der Waals surface area contributed by atoms with Gasteiger partial charge in [-0.2, -0.15) is 0 Å². The van der Waals surface area contributed by atoms with Crippen LogP contribution in [-0.2, 0) is 4.79 Å². The molecule has 0 unspecified atom stereocenters. The second-order valence-electron chi connectivity index (χ2n) is 4.10. The van der Waals surface area contributed by atoms with Gasteiger partial charge in [-0.05, 0) is 18.7 Å². The molecule has 0 radical (unpaired) electrons. The molecular weight excluding hydrogens is 264 g/mol. The molecule has 1 aromatic rings. The Hall–Kier alpha value is -1.52. The number of hydrogen-bond acceptors (Lipinski definition) is 3. The van der Waals surface area contributed by atoms with E-state index in [0.717, 1.165) is 6.54 Å². The molecular formula is C14H19ClN2O2. The maximum Gasteiger partial charge on any atom is 0.238 e. The summed E-state index contributed by atoms with van der Waals surface area (Å²) >= 11 is 5.75. The molecule has 1 N–H and O–H groups in total. The van der Waals surface area contributed by atoms with Gasteiger partial charge in [0.25, 0.3) is 0 Å². The molecule has 1 rings (SSSR count). The summed E-state index contributed by atoms with van der Waals surface area (Å²) in [6.45, 7) is 7.12. The van der Waals surface area contributed by atoms with Gasteiger partial charge in [0.15, 0.2) is 0 Å². The van der Waals surface area contributed by atoms with Crippen LogP contribution in [0.2, 0.25) is 0 Å². The average Bonchev–Trinajstić information content (AvgIpc) is 2.37. The van der Waals surface area contributed by atoms with Crippen LogP contribution in [0, 0.1) is 0 Å². The third kappa shape index (κ3) is 5.77. The van der Waals surface area contributed by atoms with Crippen LogP contribution in [0.5, 0.6) is 5.75 Å². The number of anilines is 1. The lowest BCUT2D eigenvalue weighted by molar-refractivity contribution is -0.117. The predicted molar refractivity (Wildman–Crippen MR) is 78.7 cm³/mol. The van der Waals surface area contributed by atoms with Crippen LogP contribution in [0.1, 0.15) is 6.92 Å². The Balaban J connectivity index is 2.56. The first-order valence-electron chi connectivity index (χ1n) is 6.04. The Morgan fingerprint density at radius 3 is 2.79 bits per heavy atom. The highest BCUT2D eigenvalue weighted by atomic mass is 35.5. The number of nitrogens with zero attached hydrogens (tertiary/aromatic N) is 1. The summed E-state index contributed by atoms with van der Waals surface area (Å²) in [5.41, 5.74) is 0.713.